The molecule has 0 unspecified atom stereocenters. The van der Waals surface area contributed by atoms with Crippen molar-refractivity contribution in [3.8, 4) is 0 Å². The van der Waals surface area contributed by atoms with Gasteiger partial charge in [-0.2, -0.15) is 0 Å². The zero-order chi connectivity index (χ0) is 15.9. The van der Waals surface area contributed by atoms with Crippen molar-refractivity contribution in [2.24, 2.45) is 0 Å². The summed E-state index contributed by atoms with van der Waals surface area (Å²) in [6, 6.07) is 0. The van der Waals surface area contributed by atoms with E-state index in [0.717, 1.165) is 25.9 Å². The van der Waals surface area contributed by atoms with Crippen molar-refractivity contribution < 1.29 is 14.3 Å². The summed E-state index contributed by atoms with van der Waals surface area (Å²) in [4.78, 5) is 11.6. The molecule has 1 aliphatic heterocycles. The Labute approximate surface area is 137 Å². The van der Waals surface area contributed by atoms with Gasteiger partial charge < -0.3 is 9.47 Å². The highest BCUT2D eigenvalue weighted by Crippen LogP contribution is 2.16. The topological polar surface area (TPSA) is 35.5 Å². The molecule has 0 bridgehead atoms. The Bertz CT molecular complexity index is 259. The van der Waals surface area contributed by atoms with E-state index in [1.54, 1.807) is 0 Å². The second kappa shape index (κ2) is 14.0. The highest BCUT2D eigenvalue weighted by atomic mass is 16.5. The van der Waals surface area contributed by atoms with Crippen LogP contribution in [-0.2, 0) is 14.3 Å². The minimum Gasteiger partial charge on any atom is -0.466 e. The van der Waals surface area contributed by atoms with E-state index in [9.17, 15) is 4.79 Å². The lowest BCUT2D eigenvalue weighted by atomic mass is 10.1. The SMILES string of the molecule is CCCCCCCCCCCC(=O)OCCC[C@H]1CCCO1. The number of ether oxygens (including phenoxy) is 2. The fourth-order valence-electron chi connectivity index (χ4n) is 3.02. The quantitative estimate of drug-likeness (QED) is 0.318. The van der Waals surface area contributed by atoms with Gasteiger partial charge in [0, 0.05) is 13.0 Å². The molecule has 3 heteroatoms. The van der Waals surface area contributed by atoms with Gasteiger partial charge in [-0.25, -0.2) is 0 Å². The third-order valence-electron chi connectivity index (χ3n) is 4.44. The van der Waals surface area contributed by atoms with Gasteiger partial charge in [0.1, 0.15) is 0 Å². The number of esters is 1. The molecule has 1 rings (SSSR count). The zero-order valence-corrected chi connectivity index (χ0v) is 14.6. The fraction of sp³-hybridized carbons (Fsp3) is 0.947. The van der Waals surface area contributed by atoms with E-state index in [1.165, 1.54) is 64.2 Å². The van der Waals surface area contributed by atoms with Crippen LogP contribution < -0.4 is 0 Å². The number of unbranched alkanes of at least 4 members (excludes halogenated alkanes) is 8. The van der Waals surface area contributed by atoms with Gasteiger partial charge in [0.05, 0.1) is 12.7 Å². The van der Waals surface area contributed by atoms with Crippen LogP contribution in [0.15, 0.2) is 0 Å². The number of carbonyl (C=O) groups is 1. The summed E-state index contributed by atoms with van der Waals surface area (Å²) in [6.07, 6.45) is 16.9. The molecule has 0 aromatic heterocycles. The number of hydrogen-bond donors (Lipinski definition) is 0. The minimum atomic E-state index is -0.0183. The summed E-state index contributed by atoms with van der Waals surface area (Å²) in [5.74, 6) is -0.0183. The largest absolute Gasteiger partial charge is 0.466 e. The van der Waals surface area contributed by atoms with Crippen molar-refractivity contribution in [2.45, 2.75) is 103 Å². The highest BCUT2D eigenvalue weighted by molar-refractivity contribution is 5.69. The Morgan fingerprint density at radius 3 is 2.32 bits per heavy atom. The highest BCUT2D eigenvalue weighted by Gasteiger charge is 2.14. The molecule has 22 heavy (non-hydrogen) atoms. The maximum absolute atomic E-state index is 11.6. The van der Waals surface area contributed by atoms with Crippen LogP contribution in [0.5, 0.6) is 0 Å². The standard InChI is InChI=1S/C19H36O3/c1-2-3-4-5-6-7-8-9-10-15-19(20)22-17-12-14-18-13-11-16-21-18/h18H,2-17H2,1H3/t18-/m1/s1. The van der Waals surface area contributed by atoms with Gasteiger partial charge in [-0.15, -0.1) is 0 Å². The van der Waals surface area contributed by atoms with Crippen LogP contribution in [-0.4, -0.2) is 25.3 Å². The maximum Gasteiger partial charge on any atom is 0.305 e. The molecular weight excluding hydrogens is 276 g/mol. The Kier molecular flexibility index (Phi) is 12.4. The van der Waals surface area contributed by atoms with Crippen molar-refractivity contribution in [3.63, 3.8) is 0 Å². The zero-order valence-electron chi connectivity index (χ0n) is 14.6. The van der Waals surface area contributed by atoms with Gasteiger partial charge in [0.2, 0.25) is 0 Å². The molecule has 1 atom stereocenters. The van der Waals surface area contributed by atoms with E-state index in [-0.39, 0.29) is 5.97 Å². The molecule has 0 aromatic rings. The van der Waals surface area contributed by atoms with Crippen molar-refractivity contribution in [1.82, 2.24) is 0 Å². The van der Waals surface area contributed by atoms with Crippen molar-refractivity contribution in [2.75, 3.05) is 13.2 Å². The Morgan fingerprint density at radius 2 is 1.68 bits per heavy atom. The molecule has 3 nitrogen and oxygen atoms in total. The molecule has 0 amide bonds. The first-order valence-electron chi connectivity index (χ1n) is 9.60. The lowest BCUT2D eigenvalue weighted by Crippen LogP contribution is -2.09. The Morgan fingerprint density at radius 1 is 1.00 bits per heavy atom. The second-order valence-electron chi connectivity index (χ2n) is 6.58. The number of rotatable bonds is 14. The van der Waals surface area contributed by atoms with E-state index in [0.29, 0.717) is 19.1 Å². The summed E-state index contributed by atoms with van der Waals surface area (Å²) < 4.78 is 10.8. The van der Waals surface area contributed by atoms with Crippen LogP contribution >= 0.6 is 0 Å². The lowest BCUT2D eigenvalue weighted by molar-refractivity contribution is -0.144. The van der Waals surface area contributed by atoms with Gasteiger partial charge in [-0.1, -0.05) is 58.3 Å². The third kappa shape index (κ3) is 11.1. The van der Waals surface area contributed by atoms with Crippen LogP contribution in [0.2, 0.25) is 0 Å². The first-order valence-corrected chi connectivity index (χ1v) is 9.60. The molecule has 0 N–H and O–H groups in total. The molecular formula is C19H36O3. The summed E-state index contributed by atoms with van der Waals surface area (Å²) in [5, 5.41) is 0. The lowest BCUT2D eigenvalue weighted by Gasteiger charge is -2.09. The maximum atomic E-state index is 11.6. The van der Waals surface area contributed by atoms with E-state index in [2.05, 4.69) is 6.92 Å². The van der Waals surface area contributed by atoms with Crippen molar-refractivity contribution in [3.05, 3.63) is 0 Å². The van der Waals surface area contributed by atoms with E-state index >= 15 is 0 Å². The number of carbonyl (C=O) groups excluding carboxylic acids is 1. The average Bonchev–Trinajstić information content (AvgIpc) is 3.03. The summed E-state index contributed by atoms with van der Waals surface area (Å²) in [5.41, 5.74) is 0. The van der Waals surface area contributed by atoms with Crippen molar-refractivity contribution >= 4 is 5.97 Å². The molecule has 0 saturated carbocycles. The molecule has 1 heterocycles. The predicted octanol–water partition coefficient (Wildman–Crippen LogP) is 5.41. The fourth-order valence-corrected chi connectivity index (χ4v) is 3.02. The Hall–Kier alpha value is -0.570. The molecule has 0 aliphatic carbocycles. The van der Waals surface area contributed by atoms with E-state index in [1.807, 2.05) is 0 Å². The molecule has 0 radical (unpaired) electrons. The van der Waals surface area contributed by atoms with Crippen LogP contribution in [0.25, 0.3) is 0 Å². The van der Waals surface area contributed by atoms with Gasteiger partial charge >= 0.3 is 5.97 Å². The molecule has 1 saturated heterocycles. The first kappa shape index (κ1) is 19.5. The minimum absolute atomic E-state index is 0.0183. The van der Waals surface area contributed by atoms with E-state index < -0.39 is 0 Å². The molecule has 1 fully saturated rings. The summed E-state index contributed by atoms with van der Waals surface area (Å²) in [7, 11) is 0. The number of hydrogen-bond acceptors (Lipinski definition) is 3. The third-order valence-corrected chi connectivity index (χ3v) is 4.44. The van der Waals surface area contributed by atoms with Gasteiger partial charge in [-0.3, -0.25) is 4.79 Å². The Balaban J connectivity index is 1.77. The summed E-state index contributed by atoms with van der Waals surface area (Å²) >= 11 is 0. The molecule has 0 aromatic carbocycles. The van der Waals surface area contributed by atoms with Gasteiger partial charge in [-0.05, 0) is 32.1 Å². The summed E-state index contributed by atoms with van der Waals surface area (Å²) in [6.45, 7) is 3.72. The molecule has 130 valence electrons. The van der Waals surface area contributed by atoms with Crippen LogP contribution in [0, 0.1) is 0 Å². The second-order valence-corrected chi connectivity index (χ2v) is 6.58. The van der Waals surface area contributed by atoms with Crippen LogP contribution in [0.3, 0.4) is 0 Å². The smallest absolute Gasteiger partial charge is 0.305 e. The van der Waals surface area contributed by atoms with Crippen LogP contribution in [0.1, 0.15) is 96.8 Å². The van der Waals surface area contributed by atoms with Crippen LogP contribution in [0.4, 0.5) is 0 Å². The average molecular weight is 312 g/mol. The van der Waals surface area contributed by atoms with Crippen molar-refractivity contribution in [1.29, 1.82) is 0 Å². The molecule has 0 spiro atoms. The predicted molar refractivity (Wildman–Crippen MR) is 91.0 cm³/mol. The van der Waals surface area contributed by atoms with Gasteiger partial charge in [0.25, 0.3) is 0 Å². The first-order chi connectivity index (χ1) is 10.8. The van der Waals surface area contributed by atoms with E-state index in [4.69, 9.17) is 9.47 Å². The molecule has 1 aliphatic rings. The normalized spacial score (nSPS) is 17.8. The monoisotopic (exact) mass is 312 g/mol. The van der Waals surface area contributed by atoms with Gasteiger partial charge in [0.15, 0.2) is 0 Å².